The van der Waals surface area contributed by atoms with Crippen LogP contribution in [-0.2, 0) is 6.54 Å². The Labute approximate surface area is 160 Å². The maximum Gasteiger partial charge on any atom is 0.317 e. The summed E-state index contributed by atoms with van der Waals surface area (Å²) in [7, 11) is 4.74. The summed E-state index contributed by atoms with van der Waals surface area (Å²) >= 11 is 0. The van der Waals surface area contributed by atoms with Crippen LogP contribution in [0.1, 0.15) is 12.0 Å². The summed E-state index contributed by atoms with van der Waals surface area (Å²) in [4.78, 5) is 16.9. The molecule has 27 heavy (non-hydrogen) atoms. The van der Waals surface area contributed by atoms with E-state index in [2.05, 4.69) is 15.5 Å². The van der Waals surface area contributed by atoms with Gasteiger partial charge in [-0.1, -0.05) is 0 Å². The second kappa shape index (κ2) is 9.14. The van der Waals surface area contributed by atoms with Crippen molar-refractivity contribution in [2.45, 2.75) is 19.0 Å². The predicted molar refractivity (Wildman–Crippen MR) is 103 cm³/mol. The van der Waals surface area contributed by atoms with E-state index in [1.165, 1.54) is 6.42 Å². The van der Waals surface area contributed by atoms with Crippen molar-refractivity contribution in [1.29, 1.82) is 0 Å². The van der Waals surface area contributed by atoms with Gasteiger partial charge in [-0.25, -0.2) is 4.79 Å². The minimum atomic E-state index is -0.0343. The number of rotatable bonds is 6. The summed E-state index contributed by atoms with van der Waals surface area (Å²) in [5, 5.41) is 6.40. The number of amides is 2. The number of urea groups is 1. The first-order chi connectivity index (χ1) is 13.2. The lowest BCUT2D eigenvalue weighted by atomic mass is 10.1. The molecule has 0 bridgehead atoms. The van der Waals surface area contributed by atoms with Gasteiger partial charge in [-0.2, -0.15) is 0 Å². The molecule has 2 heterocycles. The van der Waals surface area contributed by atoms with E-state index in [-0.39, 0.29) is 6.03 Å². The molecule has 2 fully saturated rings. The molecule has 0 aromatic heterocycles. The van der Waals surface area contributed by atoms with E-state index in [0.29, 0.717) is 29.8 Å². The average Bonchev–Trinajstić information content (AvgIpc) is 3.26. The molecule has 0 saturated carbocycles. The molecule has 8 heteroatoms. The Morgan fingerprint density at radius 2 is 1.78 bits per heavy atom. The van der Waals surface area contributed by atoms with Crippen LogP contribution >= 0.6 is 0 Å². The SMILES string of the molecule is COc1cc(CNC(=O)N2CCN([C@@H]3CCNC3)CC2)cc(OC)c1OC. The van der Waals surface area contributed by atoms with Gasteiger partial charge in [0.25, 0.3) is 0 Å². The quantitative estimate of drug-likeness (QED) is 0.766. The van der Waals surface area contributed by atoms with Crippen molar-refractivity contribution in [1.82, 2.24) is 20.4 Å². The lowest BCUT2D eigenvalue weighted by Crippen LogP contribution is -2.54. The number of nitrogens with one attached hydrogen (secondary N) is 2. The molecule has 2 amide bonds. The highest BCUT2D eigenvalue weighted by Gasteiger charge is 2.27. The van der Waals surface area contributed by atoms with Crippen LogP contribution in [0.25, 0.3) is 0 Å². The van der Waals surface area contributed by atoms with Crippen molar-refractivity contribution in [2.24, 2.45) is 0 Å². The van der Waals surface area contributed by atoms with Crippen molar-refractivity contribution in [2.75, 3.05) is 60.6 Å². The fraction of sp³-hybridized carbons (Fsp3) is 0.632. The molecule has 0 spiro atoms. The molecule has 8 nitrogen and oxygen atoms in total. The van der Waals surface area contributed by atoms with Crippen molar-refractivity contribution >= 4 is 6.03 Å². The molecule has 150 valence electrons. The van der Waals surface area contributed by atoms with Gasteiger partial charge in [0.05, 0.1) is 21.3 Å². The first-order valence-electron chi connectivity index (χ1n) is 9.42. The van der Waals surface area contributed by atoms with Crippen LogP contribution < -0.4 is 24.8 Å². The van der Waals surface area contributed by atoms with E-state index in [1.807, 2.05) is 17.0 Å². The van der Waals surface area contributed by atoms with Crippen LogP contribution in [-0.4, -0.2) is 82.5 Å². The Morgan fingerprint density at radius 1 is 1.11 bits per heavy atom. The third kappa shape index (κ3) is 4.56. The van der Waals surface area contributed by atoms with Gasteiger partial charge >= 0.3 is 6.03 Å². The predicted octanol–water partition coefficient (Wildman–Crippen LogP) is 0.902. The lowest BCUT2D eigenvalue weighted by molar-refractivity contribution is 0.114. The van der Waals surface area contributed by atoms with Crippen molar-refractivity contribution < 1.29 is 19.0 Å². The Hall–Kier alpha value is -2.19. The molecule has 1 aromatic carbocycles. The topological polar surface area (TPSA) is 75.3 Å². The summed E-state index contributed by atoms with van der Waals surface area (Å²) < 4.78 is 16.1. The largest absolute Gasteiger partial charge is 0.493 e. The van der Waals surface area contributed by atoms with E-state index < -0.39 is 0 Å². The standard InChI is InChI=1S/C19H30N4O4/c1-25-16-10-14(11-17(26-2)18(16)27-3)12-21-19(24)23-8-6-22(7-9-23)15-4-5-20-13-15/h10-11,15,20H,4-9,12-13H2,1-3H3,(H,21,24)/t15-/m1/s1. The summed E-state index contributed by atoms with van der Waals surface area (Å²) in [5.41, 5.74) is 0.897. The highest BCUT2D eigenvalue weighted by Crippen LogP contribution is 2.38. The van der Waals surface area contributed by atoms with Crippen molar-refractivity contribution in [3.63, 3.8) is 0 Å². The zero-order valence-corrected chi connectivity index (χ0v) is 16.4. The average molecular weight is 378 g/mol. The number of methoxy groups -OCH3 is 3. The van der Waals surface area contributed by atoms with E-state index >= 15 is 0 Å². The smallest absolute Gasteiger partial charge is 0.317 e. The van der Waals surface area contributed by atoms with Crippen LogP contribution in [0.15, 0.2) is 12.1 Å². The number of hydrogen-bond donors (Lipinski definition) is 2. The molecule has 2 aliphatic heterocycles. The maximum absolute atomic E-state index is 12.5. The maximum atomic E-state index is 12.5. The Kier molecular flexibility index (Phi) is 6.63. The second-order valence-electron chi connectivity index (χ2n) is 6.86. The van der Waals surface area contributed by atoms with Crippen LogP contribution in [0.2, 0.25) is 0 Å². The third-order valence-electron chi connectivity index (χ3n) is 5.32. The molecular weight excluding hydrogens is 348 g/mol. The van der Waals surface area contributed by atoms with E-state index in [1.54, 1.807) is 21.3 Å². The summed E-state index contributed by atoms with van der Waals surface area (Å²) in [6, 6.07) is 4.29. The number of carbonyl (C=O) groups excluding carboxylic acids is 1. The van der Waals surface area contributed by atoms with Crippen LogP contribution in [0.3, 0.4) is 0 Å². The van der Waals surface area contributed by atoms with Gasteiger partial charge in [0.15, 0.2) is 11.5 Å². The molecule has 0 radical (unpaired) electrons. The van der Waals surface area contributed by atoms with Gasteiger partial charge in [-0.3, -0.25) is 4.90 Å². The van der Waals surface area contributed by atoms with Gasteiger partial charge in [0.1, 0.15) is 0 Å². The Morgan fingerprint density at radius 3 is 2.30 bits per heavy atom. The highest BCUT2D eigenvalue weighted by atomic mass is 16.5. The number of nitrogens with zero attached hydrogens (tertiary/aromatic N) is 2. The highest BCUT2D eigenvalue weighted by molar-refractivity contribution is 5.74. The zero-order valence-electron chi connectivity index (χ0n) is 16.4. The molecule has 0 aliphatic carbocycles. The minimum absolute atomic E-state index is 0.0343. The fourth-order valence-electron chi connectivity index (χ4n) is 3.77. The zero-order chi connectivity index (χ0) is 19.2. The molecule has 0 unspecified atom stereocenters. The van der Waals surface area contributed by atoms with E-state index in [4.69, 9.17) is 14.2 Å². The molecule has 1 atom stereocenters. The molecule has 2 aliphatic rings. The van der Waals surface area contributed by atoms with Crippen LogP contribution in [0, 0.1) is 0 Å². The van der Waals surface area contributed by atoms with Gasteiger partial charge in [-0.05, 0) is 30.7 Å². The summed E-state index contributed by atoms with van der Waals surface area (Å²) in [6.45, 7) is 5.96. The first-order valence-corrected chi connectivity index (χ1v) is 9.42. The monoisotopic (exact) mass is 378 g/mol. The van der Waals surface area contributed by atoms with Gasteiger partial charge < -0.3 is 29.7 Å². The van der Waals surface area contributed by atoms with Gasteiger partial charge in [0.2, 0.25) is 5.75 Å². The number of carbonyl (C=O) groups is 1. The third-order valence-corrected chi connectivity index (χ3v) is 5.32. The fourth-order valence-corrected chi connectivity index (χ4v) is 3.77. The molecule has 2 saturated heterocycles. The molecule has 3 rings (SSSR count). The first kappa shape index (κ1) is 19.6. The van der Waals surface area contributed by atoms with Gasteiger partial charge in [-0.15, -0.1) is 0 Å². The minimum Gasteiger partial charge on any atom is -0.493 e. The van der Waals surface area contributed by atoms with Crippen LogP contribution in [0.4, 0.5) is 4.79 Å². The second-order valence-corrected chi connectivity index (χ2v) is 6.86. The number of benzene rings is 1. The number of ether oxygens (including phenoxy) is 3. The van der Waals surface area contributed by atoms with Crippen LogP contribution in [0.5, 0.6) is 17.2 Å². The number of hydrogen-bond acceptors (Lipinski definition) is 6. The van der Waals surface area contributed by atoms with Gasteiger partial charge in [0, 0.05) is 45.3 Å². The Balaban J connectivity index is 1.53. The summed E-state index contributed by atoms with van der Waals surface area (Å²) in [5.74, 6) is 1.72. The van der Waals surface area contributed by atoms with Crippen molar-refractivity contribution in [3.8, 4) is 17.2 Å². The molecule has 2 N–H and O–H groups in total. The molecular formula is C19H30N4O4. The lowest BCUT2D eigenvalue weighted by Gasteiger charge is -2.37. The van der Waals surface area contributed by atoms with E-state index in [9.17, 15) is 4.79 Å². The molecule has 1 aromatic rings. The normalized spacial score (nSPS) is 20.4. The summed E-state index contributed by atoms with van der Waals surface area (Å²) in [6.07, 6.45) is 1.20. The number of piperazine rings is 1. The van der Waals surface area contributed by atoms with Crippen molar-refractivity contribution in [3.05, 3.63) is 17.7 Å². The van der Waals surface area contributed by atoms with E-state index in [0.717, 1.165) is 44.8 Å². The Bertz CT molecular complexity index is 616.